The third-order valence-electron chi connectivity index (χ3n) is 3.56. The minimum atomic E-state index is -3.17. The summed E-state index contributed by atoms with van der Waals surface area (Å²) >= 11 is 4.96. The summed E-state index contributed by atoms with van der Waals surface area (Å²) in [6, 6.07) is 5.43. The summed E-state index contributed by atoms with van der Waals surface area (Å²) in [6.07, 6.45) is 1.22. The monoisotopic (exact) mass is 299 g/mol. The third kappa shape index (κ3) is 2.06. The van der Waals surface area contributed by atoms with Gasteiger partial charge in [-0.15, -0.1) is 0 Å². The van der Waals surface area contributed by atoms with Crippen molar-refractivity contribution in [2.45, 2.75) is 11.2 Å². The molecule has 1 saturated carbocycles. The Bertz CT molecular complexity index is 656. The zero-order valence-electron chi connectivity index (χ0n) is 10.2. The van der Waals surface area contributed by atoms with Crippen LogP contribution in [0.1, 0.15) is 11.5 Å². The Morgan fingerprint density at radius 3 is 2.63 bits per heavy atom. The van der Waals surface area contributed by atoms with E-state index < -0.39 is 15.1 Å². The van der Waals surface area contributed by atoms with Crippen molar-refractivity contribution in [3.05, 3.63) is 23.8 Å². The zero-order valence-corrected chi connectivity index (χ0v) is 11.8. The summed E-state index contributed by atoms with van der Waals surface area (Å²) < 4.78 is 34.0. The average molecular weight is 299 g/mol. The molecule has 0 radical (unpaired) electrons. The lowest BCUT2D eigenvalue weighted by atomic mass is 10.1. The van der Waals surface area contributed by atoms with E-state index in [1.807, 2.05) is 12.1 Å². The number of hydrogen-bond acceptors (Lipinski definition) is 5. The van der Waals surface area contributed by atoms with Crippen LogP contribution in [-0.2, 0) is 9.84 Å². The van der Waals surface area contributed by atoms with Gasteiger partial charge in [0.15, 0.2) is 21.3 Å². The first kappa shape index (κ1) is 12.7. The molecule has 1 aromatic carbocycles. The second-order valence-corrected chi connectivity index (χ2v) is 7.54. The lowest BCUT2D eigenvalue weighted by Crippen LogP contribution is -2.16. The molecule has 0 spiro atoms. The van der Waals surface area contributed by atoms with E-state index in [1.165, 1.54) is 6.26 Å². The van der Waals surface area contributed by atoms with E-state index in [9.17, 15) is 8.42 Å². The van der Waals surface area contributed by atoms with E-state index in [0.29, 0.717) is 11.5 Å². The van der Waals surface area contributed by atoms with Gasteiger partial charge in [0.25, 0.3) is 0 Å². The molecule has 3 atom stereocenters. The molecule has 1 aliphatic carbocycles. The molecule has 0 bridgehead atoms. The minimum Gasteiger partial charge on any atom is -0.454 e. The second kappa shape index (κ2) is 4.08. The largest absolute Gasteiger partial charge is 0.454 e. The molecular weight excluding hydrogens is 286 g/mol. The average Bonchev–Trinajstić information content (AvgIpc) is 2.93. The van der Waals surface area contributed by atoms with Gasteiger partial charge in [0.05, 0.1) is 10.2 Å². The number of sulfone groups is 1. The van der Waals surface area contributed by atoms with Crippen LogP contribution in [0.2, 0.25) is 0 Å². The Kier molecular flexibility index (Phi) is 2.72. The van der Waals surface area contributed by atoms with Crippen LogP contribution in [0, 0.1) is 5.92 Å². The summed E-state index contributed by atoms with van der Waals surface area (Å²) in [5.74, 6) is 0.845. The topological polar surface area (TPSA) is 78.6 Å². The molecule has 1 fully saturated rings. The first-order valence-corrected chi connectivity index (χ1v) is 8.13. The first-order valence-electron chi connectivity index (χ1n) is 5.77. The van der Waals surface area contributed by atoms with Crippen molar-refractivity contribution < 1.29 is 17.9 Å². The third-order valence-corrected chi connectivity index (χ3v) is 5.41. The Labute approximate surface area is 116 Å². The Hall–Kier alpha value is -1.34. The maximum atomic E-state index is 11.8. The van der Waals surface area contributed by atoms with Crippen molar-refractivity contribution in [3.8, 4) is 11.5 Å². The van der Waals surface area contributed by atoms with Crippen LogP contribution < -0.4 is 15.2 Å². The van der Waals surface area contributed by atoms with Crippen LogP contribution >= 0.6 is 12.2 Å². The standard InChI is InChI=1S/C12H13NO4S2/c1-19(14,15)11-9(10(11)12(13)18)6-2-3-7-8(4-6)17-5-16-7/h2-4,9-11H,5H2,1H3,(H2,13,18)/t9-,10+,11+/m0/s1. The normalized spacial score (nSPS) is 28.2. The van der Waals surface area contributed by atoms with Gasteiger partial charge in [0.2, 0.25) is 6.79 Å². The van der Waals surface area contributed by atoms with Gasteiger partial charge in [-0.05, 0) is 17.7 Å². The van der Waals surface area contributed by atoms with Crippen molar-refractivity contribution >= 4 is 27.0 Å². The fraction of sp³-hybridized carbons (Fsp3) is 0.417. The van der Waals surface area contributed by atoms with Gasteiger partial charge >= 0.3 is 0 Å². The molecule has 1 aromatic rings. The summed E-state index contributed by atoms with van der Waals surface area (Å²) in [5.41, 5.74) is 6.51. The van der Waals surface area contributed by atoms with Crippen LogP contribution in [0.15, 0.2) is 18.2 Å². The highest BCUT2D eigenvalue weighted by Crippen LogP contribution is 2.53. The molecule has 7 heteroatoms. The van der Waals surface area contributed by atoms with Crippen LogP contribution in [0.3, 0.4) is 0 Å². The van der Waals surface area contributed by atoms with Crippen LogP contribution in [0.4, 0.5) is 0 Å². The molecule has 0 saturated heterocycles. The lowest BCUT2D eigenvalue weighted by Gasteiger charge is -2.02. The van der Waals surface area contributed by atoms with Gasteiger partial charge in [0, 0.05) is 18.1 Å². The predicted octanol–water partition coefficient (Wildman–Crippen LogP) is 0.828. The second-order valence-electron chi connectivity index (χ2n) is 4.86. The summed E-state index contributed by atoms with van der Waals surface area (Å²) in [4.78, 5) is 0.248. The number of thiocarbonyl (C=S) groups is 1. The number of benzene rings is 1. The van der Waals surface area contributed by atoms with Gasteiger partial charge in [-0.25, -0.2) is 8.42 Å². The molecule has 5 nitrogen and oxygen atoms in total. The van der Waals surface area contributed by atoms with Gasteiger partial charge in [-0.3, -0.25) is 0 Å². The maximum Gasteiger partial charge on any atom is 0.231 e. The van der Waals surface area contributed by atoms with E-state index in [4.69, 9.17) is 27.4 Å². The molecular formula is C12H13NO4S2. The molecule has 0 amide bonds. The first-order chi connectivity index (χ1) is 8.89. The van der Waals surface area contributed by atoms with E-state index in [1.54, 1.807) is 6.07 Å². The molecule has 0 aromatic heterocycles. The van der Waals surface area contributed by atoms with Crippen LogP contribution in [-0.4, -0.2) is 31.7 Å². The van der Waals surface area contributed by atoms with Gasteiger partial charge < -0.3 is 15.2 Å². The Balaban J connectivity index is 1.96. The fourth-order valence-corrected chi connectivity index (χ4v) is 4.67. The molecule has 3 rings (SSSR count). The smallest absolute Gasteiger partial charge is 0.231 e. The lowest BCUT2D eigenvalue weighted by molar-refractivity contribution is 0.174. The van der Waals surface area contributed by atoms with Crippen molar-refractivity contribution in [1.29, 1.82) is 0 Å². The highest BCUT2D eigenvalue weighted by molar-refractivity contribution is 7.91. The molecule has 2 aliphatic rings. The molecule has 0 unspecified atom stereocenters. The summed E-state index contributed by atoms with van der Waals surface area (Å²) in [6.45, 7) is 0.192. The zero-order chi connectivity index (χ0) is 13.8. The fourth-order valence-electron chi connectivity index (χ4n) is 2.67. The molecule has 1 heterocycles. The quantitative estimate of drug-likeness (QED) is 0.833. The number of ether oxygens (including phenoxy) is 2. The van der Waals surface area contributed by atoms with Gasteiger partial charge in [-0.1, -0.05) is 18.3 Å². The van der Waals surface area contributed by atoms with Crippen molar-refractivity contribution in [2.75, 3.05) is 13.0 Å². The van der Waals surface area contributed by atoms with Crippen LogP contribution in [0.5, 0.6) is 11.5 Å². The van der Waals surface area contributed by atoms with Crippen molar-refractivity contribution in [3.63, 3.8) is 0 Å². The SMILES string of the molecule is CS(=O)(=O)[C@H]1[C@H](C(N)=S)[C@@H]1c1ccc2c(c1)OCO2. The van der Waals surface area contributed by atoms with E-state index >= 15 is 0 Å². The number of nitrogens with two attached hydrogens (primary N) is 1. The van der Waals surface area contributed by atoms with E-state index in [0.717, 1.165) is 5.56 Å². The molecule has 19 heavy (non-hydrogen) atoms. The van der Waals surface area contributed by atoms with Gasteiger partial charge in [-0.2, -0.15) is 0 Å². The van der Waals surface area contributed by atoms with E-state index in [-0.39, 0.29) is 23.6 Å². The Morgan fingerprint density at radius 2 is 2.05 bits per heavy atom. The highest BCUT2D eigenvalue weighted by atomic mass is 32.2. The molecule has 1 aliphatic heterocycles. The number of fused-ring (bicyclic) bond motifs is 1. The maximum absolute atomic E-state index is 11.8. The predicted molar refractivity (Wildman–Crippen MR) is 74.2 cm³/mol. The number of hydrogen-bond donors (Lipinski definition) is 1. The van der Waals surface area contributed by atoms with Crippen molar-refractivity contribution in [2.24, 2.45) is 11.7 Å². The van der Waals surface area contributed by atoms with Crippen molar-refractivity contribution in [1.82, 2.24) is 0 Å². The van der Waals surface area contributed by atoms with Crippen LogP contribution in [0.25, 0.3) is 0 Å². The Morgan fingerprint density at radius 1 is 1.37 bits per heavy atom. The minimum absolute atomic E-state index is 0.179. The highest BCUT2D eigenvalue weighted by Gasteiger charge is 2.58. The number of rotatable bonds is 3. The van der Waals surface area contributed by atoms with E-state index in [2.05, 4.69) is 0 Å². The summed E-state index contributed by atoms with van der Waals surface area (Å²) in [7, 11) is -3.17. The summed E-state index contributed by atoms with van der Waals surface area (Å²) in [5, 5.41) is -0.523. The van der Waals surface area contributed by atoms with Gasteiger partial charge in [0.1, 0.15) is 0 Å². The molecule has 2 N–H and O–H groups in total. The molecule has 102 valence electrons.